The molecule has 9 heteroatoms. The standard InChI is InChI=1S/C24H31N7O2/c1-14-11-18-21(30(5)28-24(18,2)3)22(32)29(4)9-10-33-23-17(13-25-31(23)6)15-7-8-19-16(12-15)20(14)27-26-19/h7-8,12-14,28H,9-11H2,1-6H3,(H,26,27). The first-order valence-corrected chi connectivity index (χ1v) is 11.3. The number of fused-ring (bicyclic) bond motifs is 3. The topological polar surface area (TPSA) is 91.3 Å². The highest BCUT2D eigenvalue weighted by molar-refractivity contribution is 5.94. The largest absolute Gasteiger partial charge is 0.476 e. The Kier molecular flexibility index (Phi) is 4.97. The summed E-state index contributed by atoms with van der Waals surface area (Å²) in [7, 11) is 5.59. The molecule has 9 nitrogen and oxygen atoms in total. The molecule has 0 radical (unpaired) electrons. The Bertz CT molecular complexity index is 1270. The van der Waals surface area contributed by atoms with Crippen molar-refractivity contribution in [3.63, 3.8) is 0 Å². The lowest BCUT2D eigenvalue weighted by molar-refractivity contribution is -0.127. The number of aromatic nitrogens is 4. The number of H-pyrrole nitrogens is 1. The Morgan fingerprint density at radius 1 is 1.21 bits per heavy atom. The average molecular weight is 450 g/mol. The third-order valence-corrected chi connectivity index (χ3v) is 6.82. The van der Waals surface area contributed by atoms with E-state index in [0.717, 1.165) is 39.7 Å². The number of hydrogen-bond acceptors (Lipinski definition) is 6. The summed E-state index contributed by atoms with van der Waals surface area (Å²) in [4.78, 5) is 15.2. The second-order valence-corrected chi connectivity index (χ2v) is 9.66. The number of benzene rings is 1. The number of hydrazine groups is 1. The van der Waals surface area contributed by atoms with Crippen LogP contribution in [0, 0.1) is 0 Å². The van der Waals surface area contributed by atoms with Crippen LogP contribution in [0.15, 0.2) is 35.7 Å². The molecule has 0 fully saturated rings. The van der Waals surface area contributed by atoms with E-state index in [2.05, 4.69) is 53.6 Å². The van der Waals surface area contributed by atoms with Crippen molar-refractivity contribution >= 4 is 16.8 Å². The van der Waals surface area contributed by atoms with Gasteiger partial charge in [0.15, 0.2) is 0 Å². The highest BCUT2D eigenvalue weighted by Crippen LogP contribution is 2.39. The maximum Gasteiger partial charge on any atom is 0.271 e. The zero-order chi connectivity index (χ0) is 23.5. The highest BCUT2D eigenvalue weighted by Gasteiger charge is 2.40. The van der Waals surface area contributed by atoms with Crippen molar-refractivity contribution in [2.24, 2.45) is 7.05 Å². The average Bonchev–Trinajstić information content (AvgIpc) is 3.40. The molecule has 0 saturated carbocycles. The number of likely N-dealkylation sites (N-methyl/N-ethyl adjacent to an activating group) is 2. The Hall–Kier alpha value is -3.33. The van der Waals surface area contributed by atoms with Crippen LogP contribution < -0.4 is 10.2 Å². The van der Waals surface area contributed by atoms with Crippen LogP contribution >= 0.6 is 0 Å². The van der Waals surface area contributed by atoms with Crippen LogP contribution in [0.25, 0.3) is 22.0 Å². The number of rotatable bonds is 0. The second kappa shape index (κ2) is 7.62. The van der Waals surface area contributed by atoms with E-state index in [-0.39, 0.29) is 17.4 Å². The van der Waals surface area contributed by atoms with E-state index in [1.165, 1.54) is 0 Å². The lowest BCUT2D eigenvalue weighted by Crippen LogP contribution is -2.43. The minimum Gasteiger partial charge on any atom is -0.476 e. The molecule has 5 rings (SSSR count). The molecule has 0 aliphatic carbocycles. The summed E-state index contributed by atoms with van der Waals surface area (Å²) in [6.07, 6.45) is 2.56. The maximum absolute atomic E-state index is 13.5. The van der Waals surface area contributed by atoms with Gasteiger partial charge in [0, 0.05) is 38.1 Å². The zero-order valence-corrected chi connectivity index (χ0v) is 20.1. The SMILES string of the molecule is CC1CC2=C(C(=O)N(C)CCOc3c(cnn3C)-c3ccc4n[nH]c1c4c3)N(C)NC2(C)C. The fraction of sp³-hybridized carbons (Fsp3) is 0.458. The van der Waals surface area contributed by atoms with Crippen molar-refractivity contribution in [1.82, 2.24) is 35.3 Å². The van der Waals surface area contributed by atoms with Crippen LogP contribution in [0.5, 0.6) is 5.88 Å². The van der Waals surface area contributed by atoms with E-state index in [1.807, 2.05) is 38.4 Å². The third-order valence-electron chi connectivity index (χ3n) is 6.82. The lowest BCUT2D eigenvalue weighted by atomic mass is 9.85. The van der Waals surface area contributed by atoms with Crippen LogP contribution in [0.2, 0.25) is 0 Å². The van der Waals surface area contributed by atoms with Crippen LogP contribution in [-0.2, 0) is 11.8 Å². The number of carbonyl (C=O) groups is 1. The normalized spacial score (nSPS) is 21.2. The first kappa shape index (κ1) is 21.5. The number of nitrogens with zero attached hydrogens (tertiary/aromatic N) is 5. The van der Waals surface area contributed by atoms with Gasteiger partial charge < -0.3 is 14.6 Å². The van der Waals surface area contributed by atoms with Crippen molar-refractivity contribution < 1.29 is 9.53 Å². The van der Waals surface area contributed by atoms with Crippen LogP contribution in [0.1, 0.15) is 38.8 Å². The van der Waals surface area contributed by atoms with Crippen molar-refractivity contribution in [2.75, 3.05) is 27.2 Å². The smallest absolute Gasteiger partial charge is 0.271 e. The number of aromatic amines is 1. The molecule has 2 bridgehead atoms. The minimum absolute atomic E-state index is 0.0169. The van der Waals surface area contributed by atoms with E-state index in [9.17, 15) is 4.79 Å². The molecule has 1 aromatic carbocycles. The van der Waals surface area contributed by atoms with E-state index in [0.29, 0.717) is 24.7 Å². The van der Waals surface area contributed by atoms with Gasteiger partial charge >= 0.3 is 0 Å². The molecular formula is C24H31N7O2. The number of nitrogens with one attached hydrogen (secondary N) is 2. The number of aryl methyl sites for hydroxylation is 1. The van der Waals surface area contributed by atoms with Gasteiger partial charge in [-0.2, -0.15) is 10.2 Å². The molecule has 0 saturated heterocycles. The summed E-state index contributed by atoms with van der Waals surface area (Å²) in [5.74, 6) is 0.802. The van der Waals surface area contributed by atoms with Crippen molar-refractivity contribution in [3.05, 3.63) is 41.4 Å². The lowest BCUT2D eigenvalue weighted by Gasteiger charge is -2.25. The van der Waals surface area contributed by atoms with Gasteiger partial charge in [-0.05, 0) is 43.5 Å². The number of carbonyl (C=O) groups excluding carboxylic acids is 1. The predicted octanol–water partition coefficient (Wildman–Crippen LogP) is 2.79. The Morgan fingerprint density at radius 3 is 2.79 bits per heavy atom. The Labute approximate surface area is 193 Å². The molecule has 2 aromatic heterocycles. The fourth-order valence-electron chi connectivity index (χ4n) is 5.00. The van der Waals surface area contributed by atoms with Gasteiger partial charge in [0.05, 0.1) is 29.4 Å². The maximum atomic E-state index is 13.5. The molecule has 2 N–H and O–H groups in total. The zero-order valence-electron chi connectivity index (χ0n) is 20.1. The monoisotopic (exact) mass is 449 g/mol. The predicted molar refractivity (Wildman–Crippen MR) is 126 cm³/mol. The van der Waals surface area contributed by atoms with E-state index in [1.54, 1.807) is 9.58 Å². The Morgan fingerprint density at radius 2 is 2.00 bits per heavy atom. The summed E-state index contributed by atoms with van der Waals surface area (Å²) < 4.78 is 7.87. The minimum atomic E-state index is -0.331. The quantitative estimate of drug-likeness (QED) is 0.548. The van der Waals surface area contributed by atoms with Crippen LogP contribution in [0.4, 0.5) is 0 Å². The molecule has 1 unspecified atom stereocenters. The third kappa shape index (κ3) is 3.47. The Balaban J connectivity index is 1.67. The van der Waals surface area contributed by atoms with Gasteiger partial charge in [0.2, 0.25) is 5.88 Å². The number of amides is 1. The first-order valence-electron chi connectivity index (χ1n) is 11.3. The highest BCUT2D eigenvalue weighted by atomic mass is 16.5. The summed E-state index contributed by atoms with van der Waals surface area (Å²) in [6.45, 7) is 7.26. The molecule has 0 spiro atoms. The van der Waals surface area contributed by atoms with Gasteiger partial charge in [-0.1, -0.05) is 13.0 Å². The van der Waals surface area contributed by atoms with E-state index < -0.39 is 0 Å². The van der Waals surface area contributed by atoms with E-state index >= 15 is 0 Å². The van der Waals surface area contributed by atoms with Gasteiger partial charge in [0.25, 0.3) is 5.91 Å². The molecule has 2 aliphatic rings. The number of ether oxygens (including phenoxy) is 1. The summed E-state index contributed by atoms with van der Waals surface area (Å²) in [5.41, 5.74) is 8.85. The molecule has 2 aliphatic heterocycles. The molecule has 33 heavy (non-hydrogen) atoms. The van der Waals surface area contributed by atoms with Crippen molar-refractivity contribution in [3.8, 4) is 17.0 Å². The molecule has 1 atom stereocenters. The molecular weight excluding hydrogens is 418 g/mol. The molecule has 3 aromatic rings. The van der Waals surface area contributed by atoms with Gasteiger partial charge in [-0.25, -0.2) is 10.1 Å². The summed E-state index contributed by atoms with van der Waals surface area (Å²) >= 11 is 0. The van der Waals surface area contributed by atoms with E-state index in [4.69, 9.17) is 4.74 Å². The first-order chi connectivity index (χ1) is 15.7. The van der Waals surface area contributed by atoms with Crippen LogP contribution in [-0.4, -0.2) is 68.6 Å². The van der Waals surface area contributed by atoms with Gasteiger partial charge in [0.1, 0.15) is 12.3 Å². The summed E-state index contributed by atoms with van der Waals surface area (Å²) in [5, 5.41) is 15.2. The fourth-order valence-corrected chi connectivity index (χ4v) is 5.00. The molecule has 1 amide bonds. The molecule has 4 heterocycles. The number of hydrogen-bond donors (Lipinski definition) is 2. The van der Waals surface area contributed by atoms with Crippen molar-refractivity contribution in [2.45, 2.75) is 38.6 Å². The van der Waals surface area contributed by atoms with Gasteiger partial charge in [-0.3, -0.25) is 9.89 Å². The second-order valence-electron chi connectivity index (χ2n) is 9.66. The van der Waals surface area contributed by atoms with Crippen molar-refractivity contribution in [1.29, 1.82) is 0 Å². The van der Waals surface area contributed by atoms with Crippen LogP contribution in [0.3, 0.4) is 0 Å². The van der Waals surface area contributed by atoms with Gasteiger partial charge in [-0.15, -0.1) is 0 Å². The molecule has 174 valence electrons. The summed E-state index contributed by atoms with van der Waals surface area (Å²) in [6, 6.07) is 6.24.